The highest BCUT2D eigenvalue weighted by Gasteiger charge is 2.52. The maximum atomic E-state index is 9.16. The summed E-state index contributed by atoms with van der Waals surface area (Å²) in [7, 11) is 1.60. The predicted molar refractivity (Wildman–Crippen MR) is 103 cm³/mol. The van der Waals surface area contributed by atoms with Gasteiger partial charge in [0, 0.05) is 44.0 Å². The molecule has 144 valence electrons. The van der Waals surface area contributed by atoms with E-state index in [1.165, 1.54) is 0 Å². The number of aromatic nitrogens is 2. The van der Waals surface area contributed by atoms with E-state index in [1.54, 1.807) is 12.4 Å². The molecule has 7 nitrogen and oxygen atoms in total. The minimum absolute atomic E-state index is 0.204. The fourth-order valence-electron chi connectivity index (χ4n) is 3.47. The van der Waals surface area contributed by atoms with Crippen LogP contribution in [0.2, 0.25) is 0 Å². The van der Waals surface area contributed by atoms with E-state index in [2.05, 4.69) is 19.8 Å². The highest BCUT2D eigenvalue weighted by molar-refractivity contribution is 6.61. The Morgan fingerprint density at radius 2 is 1.85 bits per heavy atom. The first-order valence-electron chi connectivity index (χ1n) is 9.47. The molecule has 0 radical (unpaired) electrons. The van der Waals surface area contributed by atoms with Crippen molar-refractivity contribution in [3.05, 3.63) is 12.4 Å². The number of likely N-dealkylation sites (tertiary alicyclic amines) is 1. The molecule has 3 rings (SSSR count). The molecule has 1 aromatic heterocycles. The van der Waals surface area contributed by atoms with Gasteiger partial charge in [0.25, 0.3) is 0 Å². The third-order valence-electron chi connectivity index (χ3n) is 5.94. The van der Waals surface area contributed by atoms with E-state index in [0.717, 1.165) is 37.9 Å². The van der Waals surface area contributed by atoms with Gasteiger partial charge in [-0.1, -0.05) is 0 Å². The Morgan fingerprint density at radius 1 is 1.23 bits per heavy atom. The van der Waals surface area contributed by atoms with Gasteiger partial charge in [-0.05, 0) is 47.1 Å². The number of rotatable bonds is 5. The normalized spacial score (nSPS) is 25.5. The van der Waals surface area contributed by atoms with Gasteiger partial charge in [-0.3, -0.25) is 4.90 Å². The number of likely N-dealkylation sites (N-methyl/N-ethyl adjacent to an activating group) is 1. The molecular formula is C18H31BN4O3. The number of hydrogen-bond donors (Lipinski definition) is 1. The zero-order valence-electron chi connectivity index (χ0n) is 16.6. The van der Waals surface area contributed by atoms with E-state index in [9.17, 15) is 0 Å². The third kappa shape index (κ3) is 3.88. The molecule has 0 amide bonds. The molecule has 2 aliphatic rings. The quantitative estimate of drug-likeness (QED) is 0.772. The molecule has 1 N–H and O–H groups in total. The molecule has 2 saturated heterocycles. The summed E-state index contributed by atoms with van der Waals surface area (Å²) in [6.45, 7) is 11.1. The van der Waals surface area contributed by atoms with E-state index in [-0.39, 0.29) is 17.8 Å². The Balaban J connectivity index is 1.66. The molecule has 26 heavy (non-hydrogen) atoms. The number of hydrogen-bond acceptors (Lipinski definition) is 7. The number of aliphatic hydroxyl groups is 1. The molecule has 1 atom stereocenters. The maximum Gasteiger partial charge on any atom is 0.498 e. The van der Waals surface area contributed by atoms with Crippen molar-refractivity contribution in [3.63, 3.8) is 0 Å². The largest absolute Gasteiger partial charge is 0.498 e. The van der Waals surface area contributed by atoms with Gasteiger partial charge < -0.3 is 19.3 Å². The summed E-state index contributed by atoms with van der Waals surface area (Å²) in [4.78, 5) is 13.5. The minimum Gasteiger partial charge on any atom is -0.399 e. The Hall–Kier alpha value is -1.22. The molecule has 8 heteroatoms. The highest BCUT2D eigenvalue weighted by atomic mass is 16.7. The summed E-state index contributed by atoms with van der Waals surface area (Å²) in [5, 5.41) is 9.16. The summed E-state index contributed by atoms with van der Waals surface area (Å²) >= 11 is 0. The van der Waals surface area contributed by atoms with Crippen molar-refractivity contribution in [2.45, 2.75) is 57.8 Å². The lowest BCUT2D eigenvalue weighted by atomic mass is 9.81. The summed E-state index contributed by atoms with van der Waals surface area (Å²) in [5.41, 5.74) is 0.0999. The van der Waals surface area contributed by atoms with Crippen LogP contribution >= 0.6 is 0 Å². The Morgan fingerprint density at radius 3 is 2.42 bits per heavy atom. The zero-order valence-corrected chi connectivity index (χ0v) is 16.6. The van der Waals surface area contributed by atoms with Crippen LogP contribution in [-0.2, 0) is 9.31 Å². The standard InChI is InChI=1S/C18H31BN4O3/c1-17(2)18(3,4)26-19(25-17)14-11-20-16(21-12-14)22(5)15-7-6-8-23(13-15)9-10-24/h11-12,15,24H,6-10,13H2,1-5H3/t15-/m0/s1. The second kappa shape index (κ2) is 7.42. The fraction of sp³-hybridized carbons (Fsp3) is 0.778. The van der Waals surface area contributed by atoms with Gasteiger partial charge in [0.1, 0.15) is 0 Å². The smallest absolute Gasteiger partial charge is 0.399 e. The lowest BCUT2D eigenvalue weighted by Gasteiger charge is -2.37. The zero-order chi connectivity index (χ0) is 18.9. The Bertz CT molecular complexity index is 593. The Labute approximate surface area is 156 Å². The van der Waals surface area contributed by atoms with Gasteiger partial charge in [0.2, 0.25) is 5.95 Å². The van der Waals surface area contributed by atoms with E-state index >= 15 is 0 Å². The topological polar surface area (TPSA) is 71.0 Å². The monoisotopic (exact) mass is 362 g/mol. The fourth-order valence-corrected chi connectivity index (χ4v) is 3.47. The van der Waals surface area contributed by atoms with Crippen molar-refractivity contribution in [2.75, 3.05) is 38.2 Å². The van der Waals surface area contributed by atoms with Crippen molar-refractivity contribution in [2.24, 2.45) is 0 Å². The van der Waals surface area contributed by atoms with Crippen molar-refractivity contribution in [3.8, 4) is 0 Å². The number of aliphatic hydroxyl groups excluding tert-OH is 1. The highest BCUT2D eigenvalue weighted by Crippen LogP contribution is 2.36. The van der Waals surface area contributed by atoms with E-state index in [4.69, 9.17) is 14.4 Å². The minimum atomic E-state index is -0.436. The molecule has 0 spiro atoms. The van der Waals surface area contributed by atoms with Crippen LogP contribution in [0.4, 0.5) is 5.95 Å². The molecule has 2 aliphatic heterocycles. The molecule has 1 aromatic rings. The van der Waals surface area contributed by atoms with Crippen LogP contribution < -0.4 is 10.4 Å². The van der Waals surface area contributed by atoms with Gasteiger partial charge in [0.05, 0.1) is 17.8 Å². The lowest BCUT2D eigenvalue weighted by Crippen LogP contribution is -2.48. The third-order valence-corrected chi connectivity index (χ3v) is 5.94. The van der Waals surface area contributed by atoms with Gasteiger partial charge >= 0.3 is 7.12 Å². The van der Waals surface area contributed by atoms with E-state index in [1.807, 2.05) is 34.7 Å². The molecule has 0 aromatic carbocycles. The van der Waals surface area contributed by atoms with Crippen molar-refractivity contribution < 1.29 is 14.4 Å². The maximum absolute atomic E-state index is 9.16. The Kier molecular flexibility index (Phi) is 5.58. The van der Waals surface area contributed by atoms with Crippen LogP contribution in [0.5, 0.6) is 0 Å². The molecule has 0 unspecified atom stereocenters. The molecular weight excluding hydrogens is 331 g/mol. The van der Waals surface area contributed by atoms with Crippen LogP contribution in [-0.4, -0.2) is 77.6 Å². The number of piperidine rings is 1. The van der Waals surface area contributed by atoms with Gasteiger partial charge in [-0.25, -0.2) is 9.97 Å². The molecule has 0 saturated carbocycles. The van der Waals surface area contributed by atoms with Crippen LogP contribution in [0.15, 0.2) is 12.4 Å². The summed E-state index contributed by atoms with van der Waals surface area (Å²) < 4.78 is 12.1. The summed E-state index contributed by atoms with van der Waals surface area (Å²) in [6, 6.07) is 0.359. The first-order valence-corrected chi connectivity index (χ1v) is 9.47. The lowest BCUT2D eigenvalue weighted by molar-refractivity contribution is 0.00578. The van der Waals surface area contributed by atoms with Crippen molar-refractivity contribution in [1.29, 1.82) is 0 Å². The number of nitrogens with zero attached hydrogens (tertiary/aromatic N) is 4. The van der Waals surface area contributed by atoms with Crippen LogP contribution in [0.3, 0.4) is 0 Å². The van der Waals surface area contributed by atoms with Gasteiger partial charge in [-0.15, -0.1) is 0 Å². The first-order chi connectivity index (χ1) is 12.2. The van der Waals surface area contributed by atoms with Crippen LogP contribution in [0, 0.1) is 0 Å². The second-order valence-corrected chi connectivity index (χ2v) is 8.34. The number of anilines is 1. The molecule has 3 heterocycles. The van der Waals surface area contributed by atoms with Crippen LogP contribution in [0.25, 0.3) is 0 Å². The predicted octanol–water partition coefficient (Wildman–Crippen LogP) is 0.669. The van der Waals surface area contributed by atoms with Crippen LogP contribution in [0.1, 0.15) is 40.5 Å². The average molecular weight is 362 g/mol. The SMILES string of the molecule is CN(c1ncc(B2OC(C)(C)C(C)(C)O2)cn1)[C@H]1CCCN(CCO)C1. The van der Waals surface area contributed by atoms with Crippen molar-refractivity contribution >= 4 is 18.5 Å². The molecule has 2 fully saturated rings. The first kappa shape index (κ1) is 19.5. The van der Waals surface area contributed by atoms with Gasteiger partial charge in [0.15, 0.2) is 0 Å². The van der Waals surface area contributed by atoms with Crippen molar-refractivity contribution in [1.82, 2.24) is 14.9 Å². The number of β-amino-alcohol motifs (C(OH)–C–C–N with tert-alkyl or cyclic N) is 1. The molecule has 0 bridgehead atoms. The van der Waals surface area contributed by atoms with E-state index in [0.29, 0.717) is 12.0 Å². The summed E-state index contributed by atoms with van der Waals surface area (Å²) in [6.07, 6.45) is 5.84. The summed E-state index contributed by atoms with van der Waals surface area (Å²) in [5.74, 6) is 0.709. The average Bonchev–Trinajstić information content (AvgIpc) is 2.83. The van der Waals surface area contributed by atoms with E-state index < -0.39 is 7.12 Å². The molecule has 0 aliphatic carbocycles. The second-order valence-electron chi connectivity index (χ2n) is 8.34. The van der Waals surface area contributed by atoms with Gasteiger partial charge in [-0.2, -0.15) is 0 Å².